The van der Waals surface area contributed by atoms with Gasteiger partial charge in [0.05, 0.1) is 10.5 Å². The van der Waals surface area contributed by atoms with E-state index in [9.17, 15) is 4.79 Å². The summed E-state index contributed by atoms with van der Waals surface area (Å²) in [6.45, 7) is 2.25. The molecular formula is C11H8ClNO2. The molecule has 0 radical (unpaired) electrons. The maximum Gasteiger partial charge on any atom is 0.298 e. The van der Waals surface area contributed by atoms with Crippen LogP contribution in [-0.2, 0) is 4.79 Å². The molecule has 15 heavy (non-hydrogen) atoms. The third-order valence-electron chi connectivity index (χ3n) is 2.16. The third kappa shape index (κ3) is 1.78. The first kappa shape index (κ1) is 9.93. The van der Waals surface area contributed by atoms with Crippen molar-refractivity contribution in [2.24, 2.45) is 0 Å². The van der Waals surface area contributed by atoms with Crippen LogP contribution in [0.1, 0.15) is 5.56 Å². The SMILES string of the molecule is Cc1cc2c(Cl)ccnc2cc1OC=O. The lowest BCUT2D eigenvalue weighted by Crippen LogP contribution is -1.92. The van der Waals surface area contributed by atoms with Crippen molar-refractivity contribution in [3.63, 3.8) is 0 Å². The molecule has 2 aromatic rings. The zero-order chi connectivity index (χ0) is 10.8. The van der Waals surface area contributed by atoms with Crippen LogP contribution in [0, 0.1) is 6.92 Å². The van der Waals surface area contributed by atoms with Gasteiger partial charge in [-0.3, -0.25) is 9.78 Å². The molecule has 0 fully saturated rings. The Hall–Kier alpha value is -1.61. The number of halogens is 1. The Bertz CT molecular complexity index is 525. The van der Waals surface area contributed by atoms with Crippen LogP contribution in [0.2, 0.25) is 5.02 Å². The first-order valence-electron chi connectivity index (χ1n) is 4.37. The maximum atomic E-state index is 10.3. The van der Waals surface area contributed by atoms with Gasteiger partial charge < -0.3 is 4.74 Å². The topological polar surface area (TPSA) is 39.2 Å². The zero-order valence-electron chi connectivity index (χ0n) is 8.03. The average Bonchev–Trinajstić information content (AvgIpc) is 2.21. The van der Waals surface area contributed by atoms with E-state index in [2.05, 4.69) is 4.98 Å². The smallest absolute Gasteiger partial charge is 0.298 e. The van der Waals surface area contributed by atoms with Crippen molar-refractivity contribution in [3.8, 4) is 5.75 Å². The van der Waals surface area contributed by atoms with E-state index < -0.39 is 0 Å². The van der Waals surface area contributed by atoms with Crippen LogP contribution in [0.5, 0.6) is 5.75 Å². The van der Waals surface area contributed by atoms with E-state index in [1.807, 2.05) is 13.0 Å². The van der Waals surface area contributed by atoms with Crippen molar-refractivity contribution in [2.75, 3.05) is 0 Å². The molecule has 0 spiro atoms. The normalized spacial score (nSPS) is 10.3. The maximum absolute atomic E-state index is 10.3. The van der Waals surface area contributed by atoms with Crippen LogP contribution in [0.3, 0.4) is 0 Å². The number of hydrogen-bond donors (Lipinski definition) is 0. The molecule has 2 rings (SSSR count). The van der Waals surface area contributed by atoms with E-state index in [0.717, 1.165) is 10.9 Å². The minimum atomic E-state index is 0.402. The monoisotopic (exact) mass is 221 g/mol. The number of fused-ring (bicyclic) bond motifs is 1. The van der Waals surface area contributed by atoms with Crippen LogP contribution in [0.15, 0.2) is 24.4 Å². The number of rotatable bonds is 2. The van der Waals surface area contributed by atoms with Gasteiger partial charge in [0, 0.05) is 17.6 Å². The largest absolute Gasteiger partial charge is 0.428 e. The van der Waals surface area contributed by atoms with Gasteiger partial charge in [0.1, 0.15) is 5.75 Å². The van der Waals surface area contributed by atoms with Crippen molar-refractivity contribution in [3.05, 3.63) is 35.0 Å². The molecule has 0 N–H and O–H groups in total. The molecule has 3 nitrogen and oxygen atoms in total. The number of pyridine rings is 1. The fraction of sp³-hybridized carbons (Fsp3) is 0.0909. The average molecular weight is 222 g/mol. The number of carbonyl (C=O) groups is 1. The molecule has 0 bridgehead atoms. The van der Waals surface area contributed by atoms with Crippen molar-refractivity contribution in [1.82, 2.24) is 4.98 Å². The van der Waals surface area contributed by atoms with Gasteiger partial charge in [0.15, 0.2) is 0 Å². The van der Waals surface area contributed by atoms with Gasteiger partial charge in [0.2, 0.25) is 0 Å². The quantitative estimate of drug-likeness (QED) is 0.732. The molecule has 0 amide bonds. The second kappa shape index (κ2) is 3.87. The lowest BCUT2D eigenvalue weighted by molar-refractivity contribution is -0.120. The minimum absolute atomic E-state index is 0.402. The second-order valence-corrected chi connectivity index (χ2v) is 3.55. The van der Waals surface area contributed by atoms with Gasteiger partial charge in [-0.2, -0.15) is 0 Å². The third-order valence-corrected chi connectivity index (χ3v) is 2.49. The Morgan fingerprint density at radius 3 is 3.00 bits per heavy atom. The highest BCUT2D eigenvalue weighted by molar-refractivity contribution is 6.35. The summed E-state index contributed by atoms with van der Waals surface area (Å²) in [6, 6.07) is 5.28. The molecule has 0 atom stereocenters. The first-order chi connectivity index (χ1) is 7.22. The molecule has 4 heteroatoms. The van der Waals surface area contributed by atoms with Crippen molar-refractivity contribution < 1.29 is 9.53 Å². The summed E-state index contributed by atoms with van der Waals surface area (Å²) < 4.78 is 4.82. The molecule has 1 aromatic heterocycles. The number of carbonyl (C=O) groups excluding carboxylic acids is 1. The van der Waals surface area contributed by atoms with Gasteiger partial charge >= 0.3 is 0 Å². The number of aryl methyl sites for hydroxylation is 1. The summed E-state index contributed by atoms with van der Waals surface area (Å²) in [7, 11) is 0. The van der Waals surface area contributed by atoms with Crippen LogP contribution >= 0.6 is 11.6 Å². The van der Waals surface area contributed by atoms with E-state index in [-0.39, 0.29) is 0 Å². The predicted molar refractivity (Wildman–Crippen MR) is 58.2 cm³/mol. The molecule has 0 aliphatic heterocycles. The van der Waals surface area contributed by atoms with Crippen LogP contribution < -0.4 is 4.74 Å². The number of ether oxygens (including phenoxy) is 1. The summed E-state index contributed by atoms with van der Waals surface area (Å²) in [5, 5.41) is 1.50. The Morgan fingerprint density at radius 1 is 1.47 bits per heavy atom. The summed E-state index contributed by atoms with van der Waals surface area (Å²) in [6.07, 6.45) is 1.62. The lowest BCUT2D eigenvalue weighted by atomic mass is 10.1. The Kier molecular flexibility index (Phi) is 2.56. The fourth-order valence-electron chi connectivity index (χ4n) is 1.43. The molecule has 76 valence electrons. The fourth-order valence-corrected chi connectivity index (χ4v) is 1.63. The van der Waals surface area contributed by atoms with Crippen molar-refractivity contribution in [1.29, 1.82) is 0 Å². The molecule has 1 aromatic carbocycles. The summed E-state index contributed by atoms with van der Waals surface area (Å²) in [4.78, 5) is 14.4. The molecule has 0 saturated carbocycles. The van der Waals surface area contributed by atoms with Gasteiger partial charge in [-0.05, 0) is 24.6 Å². The molecule has 0 aliphatic rings. The van der Waals surface area contributed by atoms with Gasteiger partial charge in [-0.1, -0.05) is 11.6 Å². The highest BCUT2D eigenvalue weighted by atomic mass is 35.5. The summed E-state index contributed by atoms with van der Waals surface area (Å²) in [5.41, 5.74) is 1.56. The Labute approximate surface area is 91.6 Å². The molecule has 0 aliphatic carbocycles. The first-order valence-corrected chi connectivity index (χ1v) is 4.75. The predicted octanol–water partition coefficient (Wildman–Crippen LogP) is 2.73. The van der Waals surface area contributed by atoms with E-state index in [0.29, 0.717) is 22.8 Å². The van der Waals surface area contributed by atoms with Crippen LogP contribution in [0.4, 0.5) is 0 Å². The highest BCUT2D eigenvalue weighted by Gasteiger charge is 2.05. The summed E-state index contributed by atoms with van der Waals surface area (Å²) in [5.74, 6) is 0.507. The zero-order valence-corrected chi connectivity index (χ0v) is 8.78. The van der Waals surface area contributed by atoms with Gasteiger partial charge in [-0.15, -0.1) is 0 Å². The number of aromatic nitrogens is 1. The van der Waals surface area contributed by atoms with E-state index in [1.165, 1.54) is 0 Å². The van der Waals surface area contributed by atoms with Crippen molar-refractivity contribution >= 4 is 29.0 Å². The molecule has 0 unspecified atom stereocenters. The lowest BCUT2D eigenvalue weighted by Gasteiger charge is -2.05. The number of benzene rings is 1. The van der Waals surface area contributed by atoms with Gasteiger partial charge in [0.25, 0.3) is 6.47 Å². The highest BCUT2D eigenvalue weighted by Crippen LogP contribution is 2.28. The number of nitrogens with zero attached hydrogens (tertiary/aromatic N) is 1. The van der Waals surface area contributed by atoms with Crippen LogP contribution in [-0.4, -0.2) is 11.5 Å². The van der Waals surface area contributed by atoms with E-state index in [1.54, 1.807) is 18.3 Å². The molecule has 1 heterocycles. The van der Waals surface area contributed by atoms with Gasteiger partial charge in [-0.25, -0.2) is 0 Å². The van der Waals surface area contributed by atoms with E-state index in [4.69, 9.17) is 16.3 Å². The molecule has 0 saturated heterocycles. The second-order valence-electron chi connectivity index (χ2n) is 3.14. The number of hydrogen-bond acceptors (Lipinski definition) is 3. The summed E-state index contributed by atoms with van der Waals surface area (Å²) >= 11 is 6.01. The van der Waals surface area contributed by atoms with E-state index >= 15 is 0 Å². The molecular weight excluding hydrogens is 214 g/mol. The Balaban J connectivity index is 2.70. The van der Waals surface area contributed by atoms with Crippen LogP contribution in [0.25, 0.3) is 10.9 Å². The minimum Gasteiger partial charge on any atom is -0.428 e. The van der Waals surface area contributed by atoms with Crippen molar-refractivity contribution in [2.45, 2.75) is 6.92 Å². The standard InChI is InChI=1S/C11H8ClNO2/c1-7-4-8-9(12)2-3-13-10(8)5-11(7)15-6-14/h2-6H,1H3. The Morgan fingerprint density at radius 2 is 2.27 bits per heavy atom.